The number of hydrogen-bond acceptors (Lipinski definition) is 2. The smallest absolute Gasteiger partial charge is 0.248 e. The second kappa shape index (κ2) is 6.29. The average molecular weight is 251 g/mol. The molecule has 0 aliphatic heterocycles. The second-order valence-corrected chi connectivity index (χ2v) is 4.27. The summed E-state index contributed by atoms with van der Waals surface area (Å²) in [5, 5.41) is 3.78. The number of carbonyl (C=O) groups excluding carboxylic acids is 1. The molecule has 0 aliphatic rings. The van der Waals surface area contributed by atoms with Crippen molar-refractivity contribution in [1.29, 1.82) is 0 Å². The molecule has 4 heteroatoms. The minimum absolute atomic E-state index is 0.229. The number of carbonyl (C=O) groups is 1. The summed E-state index contributed by atoms with van der Waals surface area (Å²) in [7, 11) is 0. The molecule has 1 rings (SSSR count). The maximum Gasteiger partial charge on any atom is 0.248 e. The second-order valence-electron chi connectivity index (χ2n) is 3.86. The highest BCUT2D eigenvalue weighted by Gasteiger charge is 2.06. The number of rotatable bonds is 5. The molecule has 0 bridgehead atoms. The SMILES string of the molecule is C#CCC(C)NCc1ccc(C(N)=O)cc1Cl. The van der Waals surface area contributed by atoms with Gasteiger partial charge in [0.2, 0.25) is 5.91 Å². The molecule has 0 aliphatic carbocycles. The highest BCUT2D eigenvalue weighted by molar-refractivity contribution is 6.31. The first kappa shape index (κ1) is 13.6. The predicted octanol–water partition coefficient (Wildman–Crippen LogP) is 1.94. The van der Waals surface area contributed by atoms with Crippen molar-refractivity contribution in [3.05, 3.63) is 34.3 Å². The van der Waals surface area contributed by atoms with Gasteiger partial charge in [-0.1, -0.05) is 17.7 Å². The van der Waals surface area contributed by atoms with Crippen molar-refractivity contribution in [1.82, 2.24) is 5.32 Å². The third-order valence-electron chi connectivity index (χ3n) is 2.40. The summed E-state index contributed by atoms with van der Waals surface area (Å²) >= 11 is 6.05. The van der Waals surface area contributed by atoms with Crippen molar-refractivity contribution in [2.75, 3.05) is 0 Å². The summed E-state index contributed by atoms with van der Waals surface area (Å²) in [6, 6.07) is 5.26. The van der Waals surface area contributed by atoms with Gasteiger partial charge >= 0.3 is 0 Å². The summed E-state index contributed by atoms with van der Waals surface area (Å²) in [6.07, 6.45) is 5.88. The molecule has 1 unspecified atom stereocenters. The minimum atomic E-state index is -0.480. The van der Waals surface area contributed by atoms with Crippen LogP contribution < -0.4 is 11.1 Å². The van der Waals surface area contributed by atoms with E-state index in [2.05, 4.69) is 11.2 Å². The molecule has 0 saturated heterocycles. The van der Waals surface area contributed by atoms with E-state index >= 15 is 0 Å². The van der Waals surface area contributed by atoms with Crippen LogP contribution in [-0.2, 0) is 6.54 Å². The molecule has 0 saturated carbocycles. The molecule has 1 aromatic rings. The standard InChI is InChI=1S/C13H15ClN2O/c1-3-4-9(2)16-8-11-6-5-10(13(15)17)7-12(11)14/h1,5-7,9,16H,4,8H2,2H3,(H2,15,17). The van der Waals surface area contributed by atoms with Crippen LogP contribution in [0.25, 0.3) is 0 Å². The highest BCUT2D eigenvalue weighted by atomic mass is 35.5. The van der Waals surface area contributed by atoms with Gasteiger partial charge in [0.05, 0.1) is 0 Å². The number of primary amides is 1. The molecular formula is C13H15ClN2O. The molecule has 1 atom stereocenters. The number of nitrogens with one attached hydrogen (secondary N) is 1. The fourth-order valence-corrected chi connectivity index (χ4v) is 1.62. The van der Waals surface area contributed by atoms with Crippen molar-refractivity contribution < 1.29 is 4.79 Å². The highest BCUT2D eigenvalue weighted by Crippen LogP contribution is 2.17. The van der Waals surface area contributed by atoms with Gasteiger partial charge in [0.25, 0.3) is 0 Å². The zero-order valence-electron chi connectivity index (χ0n) is 9.66. The topological polar surface area (TPSA) is 55.1 Å². The maximum atomic E-state index is 10.9. The number of nitrogens with two attached hydrogens (primary N) is 1. The summed E-state index contributed by atoms with van der Waals surface area (Å²) < 4.78 is 0. The predicted molar refractivity (Wildman–Crippen MR) is 69.7 cm³/mol. The first-order valence-corrected chi connectivity index (χ1v) is 5.67. The van der Waals surface area contributed by atoms with E-state index < -0.39 is 5.91 Å². The van der Waals surface area contributed by atoms with Crippen molar-refractivity contribution >= 4 is 17.5 Å². The molecule has 90 valence electrons. The zero-order chi connectivity index (χ0) is 12.8. The van der Waals surface area contributed by atoms with E-state index in [0.717, 1.165) is 5.56 Å². The molecule has 0 radical (unpaired) electrons. The van der Waals surface area contributed by atoms with Gasteiger partial charge in [-0.25, -0.2) is 0 Å². The number of benzene rings is 1. The van der Waals surface area contributed by atoms with Gasteiger partial charge in [0.15, 0.2) is 0 Å². The summed E-state index contributed by atoms with van der Waals surface area (Å²) in [5.41, 5.74) is 6.49. The quantitative estimate of drug-likeness (QED) is 0.785. The van der Waals surface area contributed by atoms with Gasteiger partial charge < -0.3 is 11.1 Å². The van der Waals surface area contributed by atoms with E-state index in [1.807, 2.05) is 6.92 Å². The van der Waals surface area contributed by atoms with Gasteiger partial charge in [0.1, 0.15) is 0 Å². The Labute approximate surface area is 106 Å². The Balaban J connectivity index is 2.67. The van der Waals surface area contributed by atoms with Gasteiger partial charge in [-0.15, -0.1) is 12.3 Å². The van der Waals surface area contributed by atoms with Crippen LogP contribution in [0.2, 0.25) is 5.02 Å². The van der Waals surface area contributed by atoms with E-state index in [4.69, 9.17) is 23.8 Å². The molecule has 0 fully saturated rings. The van der Waals surface area contributed by atoms with E-state index in [1.165, 1.54) is 0 Å². The van der Waals surface area contributed by atoms with Crippen LogP contribution in [0.5, 0.6) is 0 Å². The maximum absolute atomic E-state index is 10.9. The molecule has 1 amide bonds. The Bertz CT molecular complexity index is 451. The molecule has 3 N–H and O–H groups in total. The van der Waals surface area contributed by atoms with Crippen LogP contribution >= 0.6 is 11.6 Å². The van der Waals surface area contributed by atoms with E-state index in [9.17, 15) is 4.79 Å². The van der Waals surface area contributed by atoms with E-state index in [-0.39, 0.29) is 6.04 Å². The lowest BCUT2D eigenvalue weighted by molar-refractivity contribution is 0.100. The lowest BCUT2D eigenvalue weighted by Gasteiger charge is -2.12. The molecule has 3 nitrogen and oxygen atoms in total. The third-order valence-corrected chi connectivity index (χ3v) is 2.75. The number of hydrogen-bond donors (Lipinski definition) is 2. The van der Waals surface area contributed by atoms with Gasteiger partial charge in [-0.3, -0.25) is 4.79 Å². The van der Waals surface area contributed by atoms with E-state index in [0.29, 0.717) is 23.6 Å². The fraction of sp³-hybridized carbons (Fsp3) is 0.308. The zero-order valence-corrected chi connectivity index (χ0v) is 10.4. The monoisotopic (exact) mass is 250 g/mol. The Morgan fingerprint density at radius 1 is 1.65 bits per heavy atom. The summed E-state index contributed by atoms with van der Waals surface area (Å²) in [4.78, 5) is 10.9. The fourth-order valence-electron chi connectivity index (χ4n) is 1.38. The Morgan fingerprint density at radius 3 is 2.88 bits per heavy atom. The van der Waals surface area contributed by atoms with Gasteiger partial charge in [-0.05, 0) is 24.6 Å². The van der Waals surface area contributed by atoms with E-state index in [1.54, 1.807) is 18.2 Å². The number of terminal acetylenes is 1. The molecular weight excluding hydrogens is 236 g/mol. The van der Waals surface area contributed by atoms with Gasteiger partial charge in [-0.2, -0.15) is 0 Å². The summed E-state index contributed by atoms with van der Waals surface area (Å²) in [5.74, 6) is 2.11. The first-order chi connectivity index (χ1) is 8.04. The molecule has 0 aromatic heterocycles. The number of halogens is 1. The molecule has 0 spiro atoms. The van der Waals surface area contributed by atoms with Crippen LogP contribution in [0, 0.1) is 12.3 Å². The van der Waals surface area contributed by atoms with Crippen LogP contribution in [0.15, 0.2) is 18.2 Å². The third kappa shape index (κ3) is 4.10. The van der Waals surface area contributed by atoms with Gasteiger partial charge in [0, 0.05) is 29.6 Å². The van der Waals surface area contributed by atoms with Crippen molar-refractivity contribution in [2.24, 2.45) is 5.73 Å². The molecule has 1 aromatic carbocycles. The Kier molecular flexibility index (Phi) is 5.02. The minimum Gasteiger partial charge on any atom is -0.366 e. The van der Waals surface area contributed by atoms with Crippen molar-refractivity contribution in [3.8, 4) is 12.3 Å². The van der Waals surface area contributed by atoms with Crippen LogP contribution in [0.1, 0.15) is 29.3 Å². The Morgan fingerprint density at radius 2 is 2.35 bits per heavy atom. The van der Waals surface area contributed by atoms with Crippen LogP contribution in [-0.4, -0.2) is 11.9 Å². The lowest BCUT2D eigenvalue weighted by Crippen LogP contribution is -2.25. The van der Waals surface area contributed by atoms with Crippen LogP contribution in [0.4, 0.5) is 0 Å². The number of amides is 1. The van der Waals surface area contributed by atoms with Crippen molar-refractivity contribution in [3.63, 3.8) is 0 Å². The lowest BCUT2D eigenvalue weighted by atomic mass is 10.1. The largest absolute Gasteiger partial charge is 0.366 e. The average Bonchev–Trinajstić information content (AvgIpc) is 2.27. The first-order valence-electron chi connectivity index (χ1n) is 5.29. The molecule has 0 heterocycles. The van der Waals surface area contributed by atoms with Crippen molar-refractivity contribution in [2.45, 2.75) is 25.9 Å². The van der Waals surface area contributed by atoms with Crippen LogP contribution in [0.3, 0.4) is 0 Å². The normalized spacial score (nSPS) is 11.8. The Hall–Kier alpha value is -1.50. The summed E-state index contributed by atoms with van der Waals surface area (Å²) in [6.45, 7) is 2.62. The molecule has 17 heavy (non-hydrogen) atoms.